The van der Waals surface area contributed by atoms with Crippen LogP contribution in [-0.4, -0.2) is 10.4 Å². The van der Waals surface area contributed by atoms with E-state index in [4.69, 9.17) is 9.41 Å². The molecule has 228 valence electrons. The van der Waals surface area contributed by atoms with E-state index in [0.29, 0.717) is 0 Å². The van der Waals surface area contributed by atoms with Crippen molar-refractivity contribution in [2.24, 2.45) is 4.99 Å². The van der Waals surface area contributed by atoms with E-state index in [2.05, 4.69) is 155 Å². The molecule has 10 rings (SSSR count). The number of benzene rings is 7. The number of hydrogen-bond donors (Lipinski definition) is 2. The summed E-state index contributed by atoms with van der Waals surface area (Å²) in [5.41, 5.74) is 8.57. The molecule has 1 aliphatic heterocycles. The molecule has 5 heteroatoms. The Labute approximate surface area is 276 Å². The summed E-state index contributed by atoms with van der Waals surface area (Å²) in [5.74, 6) is 0.876. The summed E-state index contributed by atoms with van der Waals surface area (Å²) in [5, 5.41) is 14.5. The first-order valence-electron chi connectivity index (χ1n) is 16.4. The van der Waals surface area contributed by atoms with Gasteiger partial charge in [0.15, 0.2) is 0 Å². The molecule has 1 aliphatic rings. The van der Waals surface area contributed by atoms with Gasteiger partial charge in [-0.25, -0.2) is 4.99 Å². The maximum Gasteiger partial charge on any atom is 0.146 e. The highest BCUT2D eigenvalue weighted by molar-refractivity contribution is 6.35. The van der Waals surface area contributed by atoms with Crippen LogP contribution in [0.15, 0.2) is 167 Å². The Hall–Kier alpha value is -6.17. The predicted molar refractivity (Wildman–Crippen MR) is 197 cm³/mol. The maximum absolute atomic E-state index is 6.68. The van der Waals surface area contributed by atoms with Crippen LogP contribution < -0.4 is 10.6 Å². The van der Waals surface area contributed by atoms with E-state index in [9.17, 15) is 0 Å². The molecule has 0 aliphatic carbocycles. The van der Waals surface area contributed by atoms with Gasteiger partial charge >= 0.3 is 0 Å². The summed E-state index contributed by atoms with van der Waals surface area (Å²) in [6, 6.07) is 55.4. The zero-order valence-electron chi connectivity index (χ0n) is 26.0. The minimum absolute atomic E-state index is 0.133. The summed E-state index contributed by atoms with van der Waals surface area (Å²) in [7, 11) is 0. The Balaban J connectivity index is 1.14. The fraction of sp³-hybridized carbons (Fsp3) is 0.0465. The molecule has 2 unspecified atom stereocenters. The third kappa shape index (κ3) is 4.11. The van der Waals surface area contributed by atoms with Crippen molar-refractivity contribution in [1.82, 2.24) is 15.2 Å². The molecule has 0 bridgehead atoms. The highest BCUT2D eigenvalue weighted by Gasteiger charge is 2.26. The number of aliphatic imine (C=N–C) groups is 1. The van der Waals surface area contributed by atoms with Gasteiger partial charge in [-0.2, -0.15) is 0 Å². The van der Waals surface area contributed by atoms with Crippen molar-refractivity contribution in [1.29, 1.82) is 0 Å². The molecule has 3 heterocycles. The average Bonchev–Trinajstić information content (AvgIpc) is 3.72. The topological polar surface area (TPSA) is 54.5 Å². The first-order chi connectivity index (χ1) is 23.8. The van der Waals surface area contributed by atoms with E-state index in [1.165, 1.54) is 21.5 Å². The van der Waals surface area contributed by atoms with Crippen LogP contribution in [0.5, 0.6) is 0 Å². The first kappa shape index (κ1) is 27.0. The molecular formula is C43H30N4O. The van der Waals surface area contributed by atoms with Gasteiger partial charge in [-0.05, 0) is 40.8 Å². The number of fused-ring (bicyclic) bond motifs is 10. The van der Waals surface area contributed by atoms with Crippen LogP contribution in [-0.2, 0) is 0 Å². The second kappa shape index (κ2) is 10.7. The summed E-state index contributed by atoms with van der Waals surface area (Å²) < 4.78 is 9.08. The molecule has 9 aromatic rings. The zero-order chi connectivity index (χ0) is 31.6. The third-order valence-corrected chi connectivity index (χ3v) is 9.66. The van der Waals surface area contributed by atoms with Crippen LogP contribution in [0.1, 0.15) is 29.0 Å². The molecule has 0 amide bonds. The second-order valence-corrected chi connectivity index (χ2v) is 12.4. The maximum atomic E-state index is 6.68. The van der Waals surface area contributed by atoms with Crippen LogP contribution in [0.2, 0.25) is 0 Å². The fourth-order valence-corrected chi connectivity index (χ4v) is 7.48. The van der Waals surface area contributed by atoms with Gasteiger partial charge in [0.1, 0.15) is 29.3 Å². The molecule has 2 atom stereocenters. The highest BCUT2D eigenvalue weighted by atomic mass is 16.3. The van der Waals surface area contributed by atoms with Crippen molar-refractivity contribution in [2.45, 2.75) is 12.3 Å². The Morgan fingerprint density at radius 1 is 0.542 bits per heavy atom. The number of nitrogens with one attached hydrogen (secondary N) is 2. The lowest BCUT2D eigenvalue weighted by atomic mass is 9.99. The molecule has 0 fully saturated rings. The SMILES string of the molecule is c1ccc(C2=NC(c3ccccc3)NC(c3ccc(-n4c5ccccc5c5c6oc7ccccc7c6c6ccccc6c54)cc3)N2)cc1. The largest absolute Gasteiger partial charge is 0.455 e. The highest BCUT2D eigenvalue weighted by Crippen LogP contribution is 2.45. The number of furan rings is 1. The molecule has 0 radical (unpaired) electrons. The van der Waals surface area contributed by atoms with Crippen LogP contribution in [0.3, 0.4) is 0 Å². The van der Waals surface area contributed by atoms with Crippen molar-refractivity contribution in [3.8, 4) is 5.69 Å². The molecule has 7 aromatic carbocycles. The number of para-hydroxylation sites is 2. The van der Waals surface area contributed by atoms with E-state index < -0.39 is 0 Å². The number of aromatic nitrogens is 1. The van der Waals surface area contributed by atoms with Gasteiger partial charge < -0.3 is 14.3 Å². The first-order valence-corrected chi connectivity index (χ1v) is 16.4. The van der Waals surface area contributed by atoms with E-state index in [0.717, 1.165) is 61.2 Å². The van der Waals surface area contributed by atoms with Crippen LogP contribution in [0.4, 0.5) is 0 Å². The molecule has 5 nitrogen and oxygen atoms in total. The quantitative estimate of drug-likeness (QED) is 0.206. The van der Waals surface area contributed by atoms with Crippen molar-refractivity contribution >= 4 is 60.4 Å². The van der Waals surface area contributed by atoms with Gasteiger partial charge in [-0.15, -0.1) is 0 Å². The van der Waals surface area contributed by atoms with E-state index >= 15 is 0 Å². The zero-order valence-corrected chi connectivity index (χ0v) is 26.0. The van der Waals surface area contributed by atoms with Gasteiger partial charge in [-0.1, -0.05) is 133 Å². The molecule has 2 N–H and O–H groups in total. The lowest BCUT2D eigenvalue weighted by Crippen LogP contribution is -2.44. The number of hydrogen-bond acceptors (Lipinski definition) is 4. The monoisotopic (exact) mass is 618 g/mol. The minimum Gasteiger partial charge on any atom is -0.455 e. The molecule has 48 heavy (non-hydrogen) atoms. The lowest BCUT2D eigenvalue weighted by molar-refractivity contribution is 0.409. The third-order valence-electron chi connectivity index (χ3n) is 9.66. The van der Waals surface area contributed by atoms with Gasteiger partial charge in [-0.3, -0.25) is 5.32 Å². The molecule has 0 spiro atoms. The second-order valence-electron chi connectivity index (χ2n) is 12.4. The Kier molecular flexibility index (Phi) is 6.01. The van der Waals surface area contributed by atoms with E-state index in [1.807, 2.05) is 18.2 Å². The van der Waals surface area contributed by atoms with E-state index in [-0.39, 0.29) is 12.3 Å². The van der Waals surface area contributed by atoms with Gasteiger partial charge in [0, 0.05) is 32.8 Å². The van der Waals surface area contributed by atoms with Crippen LogP contribution >= 0.6 is 0 Å². The van der Waals surface area contributed by atoms with Gasteiger partial charge in [0.25, 0.3) is 0 Å². The van der Waals surface area contributed by atoms with Crippen molar-refractivity contribution in [3.05, 3.63) is 174 Å². The number of nitrogens with zero attached hydrogens (tertiary/aromatic N) is 2. The Morgan fingerprint density at radius 3 is 1.98 bits per heavy atom. The molecule has 0 saturated heterocycles. The lowest BCUT2D eigenvalue weighted by Gasteiger charge is -2.32. The standard InChI is InChI=1S/C43H30N4O/c1-3-13-27(14-4-1)41-44-42(28-15-5-2-6-16-28)46-43(45-41)29-23-25-30(26-24-29)47-35-21-11-9-19-33(35)38-39(47)32-18-8-7-17-31(32)37-34-20-10-12-22-36(34)48-40(37)38/h1-26,41,43,45H,(H,44,46). The van der Waals surface area contributed by atoms with Crippen LogP contribution in [0.25, 0.3) is 60.2 Å². The summed E-state index contributed by atoms with van der Waals surface area (Å²) in [6.07, 6.45) is -0.312. The Bertz CT molecular complexity index is 2670. The Morgan fingerprint density at radius 2 is 1.19 bits per heavy atom. The van der Waals surface area contributed by atoms with Crippen LogP contribution in [0, 0.1) is 0 Å². The fourth-order valence-electron chi connectivity index (χ4n) is 7.48. The summed E-state index contributed by atoms with van der Waals surface area (Å²) in [4.78, 5) is 5.08. The summed E-state index contributed by atoms with van der Waals surface area (Å²) in [6.45, 7) is 0. The predicted octanol–water partition coefficient (Wildman–Crippen LogP) is 10.2. The summed E-state index contributed by atoms with van der Waals surface area (Å²) >= 11 is 0. The van der Waals surface area contributed by atoms with Gasteiger partial charge in [0.05, 0.1) is 16.4 Å². The molecule has 2 aromatic heterocycles. The normalized spacial score (nSPS) is 16.5. The van der Waals surface area contributed by atoms with Crippen molar-refractivity contribution in [3.63, 3.8) is 0 Å². The van der Waals surface area contributed by atoms with Crippen molar-refractivity contribution < 1.29 is 4.42 Å². The average molecular weight is 619 g/mol. The number of rotatable bonds is 4. The van der Waals surface area contributed by atoms with Gasteiger partial charge in [0.2, 0.25) is 0 Å². The smallest absolute Gasteiger partial charge is 0.146 e. The van der Waals surface area contributed by atoms with E-state index in [1.54, 1.807) is 0 Å². The molecule has 0 saturated carbocycles. The van der Waals surface area contributed by atoms with Crippen molar-refractivity contribution in [2.75, 3.05) is 0 Å². The molecular weight excluding hydrogens is 589 g/mol. The number of amidine groups is 1. The minimum atomic E-state index is -0.178.